The smallest absolute Gasteiger partial charge is 0.205 e. The Bertz CT molecular complexity index is 1030. The van der Waals surface area contributed by atoms with Crippen molar-refractivity contribution in [1.82, 2.24) is 45.5 Å². The van der Waals surface area contributed by atoms with E-state index in [1.165, 1.54) is 11.9 Å². The molecule has 1 aliphatic rings. The van der Waals surface area contributed by atoms with Gasteiger partial charge in [-0.1, -0.05) is 18.2 Å². The highest BCUT2D eigenvalue weighted by molar-refractivity contribution is 5.72. The molecular weight excluding hydrogens is 356 g/mol. The van der Waals surface area contributed by atoms with Crippen molar-refractivity contribution in [2.24, 2.45) is 0 Å². The maximum atomic E-state index is 4.58. The van der Waals surface area contributed by atoms with E-state index in [-0.39, 0.29) is 0 Å². The van der Waals surface area contributed by atoms with Crippen molar-refractivity contribution in [3.8, 4) is 11.4 Å². The molecule has 0 spiro atoms. The Morgan fingerprint density at radius 3 is 2.82 bits per heavy atom. The van der Waals surface area contributed by atoms with Crippen molar-refractivity contribution >= 4 is 17.1 Å². The van der Waals surface area contributed by atoms with E-state index in [1.807, 2.05) is 12.1 Å². The zero-order valence-corrected chi connectivity index (χ0v) is 15.4. The van der Waals surface area contributed by atoms with Crippen LogP contribution in [-0.2, 0) is 0 Å². The van der Waals surface area contributed by atoms with Gasteiger partial charge in [0.15, 0.2) is 5.65 Å². The standard InChI is InChI=1S/C18H20N10/c1-12(13-3-2-4-14(9-13)16-23-25-26-24-16)27-5-7-28(8-6-27)18-21-15-10-19-11-20-17(15)22-18/h2-4,9-12H,5-8H2,1H3,(H,19,20,21,22)(H,23,24,25,26). The van der Waals surface area contributed by atoms with Crippen molar-refractivity contribution in [3.63, 3.8) is 0 Å². The summed E-state index contributed by atoms with van der Waals surface area (Å²) in [6.45, 7) is 5.96. The van der Waals surface area contributed by atoms with E-state index in [4.69, 9.17) is 0 Å². The van der Waals surface area contributed by atoms with Gasteiger partial charge in [0.1, 0.15) is 11.8 Å². The number of hydrogen-bond acceptors (Lipinski definition) is 8. The summed E-state index contributed by atoms with van der Waals surface area (Å²) in [5.74, 6) is 1.48. The van der Waals surface area contributed by atoms with E-state index in [1.54, 1.807) is 6.20 Å². The molecule has 0 saturated carbocycles. The first-order chi connectivity index (χ1) is 13.8. The number of rotatable bonds is 4. The molecule has 28 heavy (non-hydrogen) atoms. The van der Waals surface area contributed by atoms with Crippen molar-refractivity contribution in [2.45, 2.75) is 13.0 Å². The first-order valence-corrected chi connectivity index (χ1v) is 9.26. The van der Waals surface area contributed by atoms with Crippen LogP contribution in [0.3, 0.4) is 0 Å². The molecule has 4 aromatic rings. The lowest BCUT2D eigenvalue weighted by atomic mass is 10.0. The highest BCUT2D eigenvalue weighted by Gasteiger charge is 2.24. The number of piperazine rings is 1. The third kappa shape index (κ3) is 3.07. The van der Waals surface area contributed by atoms with Crippen LogP contribution in [0.5, 0.6) is 0 Å². The molecule has 1 aliphatic heterocycles. The summed E-state index contributed by atoms with van der Waals surface area (Å²) >= 11 is 0. The Kier molecular flexibility index (Phi) is 4.17. The quantitative estimate of drug-likeness (QED) is 0.549. The lowest BCUT2D eigenvalue weighted by molar-refractivity contribution is 0.198. The Balaban J connectivity index is 1.28. The fraction of sp³-hybridized carbons (Fsp3) is 0.333. The van der Waals surface area contributed by atoms with Gasteiger partial charge in [-0.3, -0.25) is 4.90 Å². The molecule has 0 amide bonds. The normalized spacial score (nSPS) is 16.5. The second-order valence-corrected chi connectivity index (χ2v) is 6.88. The predicted octanol–water partition coefficient (Wildman–Crippen LogP) is 1.42. The molecule has 0 aliphatic carbocycles. The number of hydrogen-bond donors (Lipinski definition) is 2. The minimum absolute atomic E-state index is 0.301. The van der Waals surface area contributed by atoms with Crippen LogP contribution in [0.2, 0.25) is 0 Å². The molecule has 3 aromatic heterocycles. The van der Waals surface area contributed by atoms with Crippen molar-refractivity contribution in [2.75, 3.05) is 31.1 Å². The van der Waals surface area contributed by atoms with Crippen LogP contribution in [0.15, 0.2) is 36.8 Å². The molecule has 0 bridgehead atoms. The van der Waals surface area contributed by atoms with E-state index in [2.05, 4.69) is 69.4 Å². The second-order valence-electron chi connectivity index (χ2n) is 6.88. The van der Waals surface area contributed by atoms with Crippen LogP contribution in [0.4, 0.5) is 5.95 Å². The van der Waals surface area contributed by atoms with E-state index in [9.17, 15) is 0 Å². The van der Waals surface area contributed by atoms with Gasteiger partial charge in [0, 0.05) is 37.8 Å². The van der Waals surface area contributed by atoms with Gasteiger partial charge in [0.25, 0.3) is 0 Å². The third-order valence-corrected chi connectivity index (χ3v) is 5.28. The largest absolute Gasteiger partial charge is 0.340 e. The van der Waals surface area contributed by atoms with Gasteiger partial charge in [-0.25, -0.2) is 9.97 Å². The van der Waals surface area contributed by atoms with E-state index < -0.39 is 0 Å². The second kappa shape index (κ2) is 6.97. The number of nitrogens with one attached hydrogen (secondary N) is 2. The molecule has 1 atom stereocenters. The van der Waals surface area contributed by atoms with Crippen LogP contribution in [-0.4, -0.2) is 71.6 Å². The van der Waals surface area contributed by atoms with Crippen LogP contribution in [0.25, 0.3) is 22.6 Å². The summed E-state index contributed by atoms with van der Waals surface area (Å²) < 4.78 is 0. The number of aromatic nitrogens is 8. The first kappa shape index (κ1) is 16.8. The van der Waals surface area contributed by atoms with Crippen LogP contribution in [0.1, 0.15) is 18.5 Å². The SMILES string of the molecule is CC(c1cccc(-c2nn[nH]n2)c1)N1CCN(c2nc3ncncc3[nH]2)CC1. The number of imidazole rings is 1. The average Bonchev–Trinajstić information content (AvgIpc) is 3.43. The van der Waals surface area contributed by atoms with E-state index in [0.29, 0.717) is 17.5 Å². The number of tetrazole rings is 1. The molecule has 10 heteroatoms. The van der Waals surface area contributed by atoms with Gasteiger partial charge >= 0.3 is 0 Å². The molecule has 1 saturated heterocycles. The summed E-state index contributed by atoms with van der Waals surface area (Å²) in [7, 11) is 0. The van der Waals surface area contributed by atoms with Crippen molar-refractivity contribution < 1.29 is 0 Å². The summed E-state index contributed by atoms with van der Waals surface area (Å²) in [6.07, 6.45) is 3.28. The lowest BCUT2D eigenvalue weighted by Gasteiger charge is -2.38. The van der Waals surface area contributed by atoms with Gasteiger partial charge in [-0.15, -0.1) is 10.2 Å². The molecule has 1 unspecified atom stereocenters. The van der Waals surface area contributed by atoms with Gasteiger partial charge in [-0.2, -0.15) is 10.2 Å². The first-order valence-electron chi connectivity index (χ1n) is 9.26. The highest BCUT2D eigenvalue weighted by Crippen LogP contribution is 2.26. The molecule has 142 valence electrons. The third-order valence-electron chi connectivity index (χ3n) is 5.28. The number of H-pyrrole nitrogens is 2. The highest BCUT2D eigenvalue weighted by atomic mass is 15.5. The molecule has 10 nitrogen and oxygen atoms in total. The summed E-state index contributed by atoms with van der Waals surface area (Å²) in [4.78, 5) is 20.9. The molecular formula is C18H20N10. The number of anilines is 1. The van der Waals surface area contributed by atoms with Crippen molar-refractivity contribution in [3.05, 3.63) is 42.4 Å². The van der Waals surface area contributed by atoms with Crippen LogP contribution in [0, 0.1) is 0 Å². The summed E-state index contributed by atoms with van der Waals surface area (Å²) in [5.41, 5.74) is 3.79. The average molecular weight is 376 g/mol. The minimum Gasteiger partial charge on any atom is -0.340 e. The van der Waals surface area contributed by atoms with Gasteiger partial charge in [0.2, 0.25) is 11.8 Å². The number of nitrogens with zero attached hydrogens (tertiary/aromatic N) is 8. The fourth-order valence-electron chi connectivity index (χ4n) is 3.65. The van der Waals surface area contributed by atoms with Crippen LogP contribution >= 0.6 is 0 Å². The Morgan fingerprint density at radius 2 is 2.04 bits per heavy atom. The molecule has 2 N–H and O–H groups in total. The molecule has 5 rings (SSSR count). The molecule has 4 heterocycles. The predicted molar refractivity (Wildman–Crippen MR) is 103 cm³/mol. The number of fused-ring (bicyclic) bond motifs is 1. The zero-order chi connectivity index (χ0) is 18.9. The van der Waals surface area contributed by atoms with Gasteiger partial charge in [-0.05, 0) is 23.8 Å². The fourth-order valence-corrected chi connectivity index (χ4v) is 3.65. The van der Waals surface area contributed by atoms with E-state index in [0.717, 1.165) is 43.2 Å². The topological polar surface area (TPSA) is 115 Å². The summed E-state index contributed by atoms with van der Waals surface area (Å²) in [5, 5.41) is 14.3. The minimum atomic E-state index is 0.301. The number of benzene rings is 1. The molecule has 1 aromatic carbocycles. The van der Waals surface area contributed by atoms with Crippen molar-refractivity contribution in [1.29, 1.82) is 0 Å². The van der Waals surface area contributed by atoms with Gasteiger partial charge < -0.3 is 9.88 Å². The Hall–Kier alpha value is -3.40. The number of aromatic amines is 2. The maximum Gasteiger partial charge on any atom is 0.205 e. The van der Waals surface area contributed by atoms with E-state index >= 15 is 0 Å². The lowest BCUT2D eigenvalue weighted by Crippen LogP contribution is -2.47. The molecule has 1 fully saturated rings. The van der Waals surface area contributed by atoms with Gasteiger partial charge in [0.05, 0.1) is 6.20 Å². The monoisotopic (exact) mass is 376 g/mol. The zero-order valence-electron chi connectivity index (χ0n) is 15.4. The summed E-state index contributed by atoms with van der Waals surface area (Å²) in [6, 6.07) is 8.64. The maximum absolute atomic E-state index is 4.58. The Morgan fingerprint density at radius 1 is 1.14 bits per heavy atom. The van der Waals surface area contributed by atoms with Crippen LogP contribution < -0.4 is 4.90 Å². The Labute approximate surface area is 161 Å². The molecule has 0 radical (unpaired) electrons.